The Kier molecular flexibility index (Phi) is 4.48. The second kappa shape index (κ2) is 6.61. The zero-order chi connectivity index (χ0) is 18.9. The van der Waals surface area contributed by atoms with E-state index < -0.39 is 29.6 Å². The van der Waals surface area contributed by atoms with Gasteiger partial charge in [0, 0.05) is 11.1 Å². The summed E-state index contributed by atoms with van der Waals surface area (Å²) in [5.74, 6) is -1.26. The summed E-state index contributed by atoms with van der Waals surface area (Å²) in [7, 11) is 1.51. The molecule has 0 bridgehead atoms. The highest BCUT2D eigenvalue weighted by molar-refractivity contribution is 6.12. The first-order valence-electron chi connectivity index (χ1n) is 7.96. The first-order chi connectivity index (χ1) is 12.4. The van der Waals surface area contributed by atoms with E-state index in [4.69, 9.17) is 10.5 Å². The molecule has 0 saturated heterocycles. The zero-order valence-corrected chi connectivity index (χ0v) is 14.1. The Morgan fingerprint density at radius 1 is 1.15 bits per heavy atom. The fourth-order valence-electron chi connectivity index (χ4n) is 3.10. The van der Waals surface area contributed by atoms with Gasteiger partial charge in [-0.25, -0.2) is 0 Å². The van der Waals surface area contributed by atoms with Gasteiger partial charge in [0.2, 0.25) is 5.91 Å². The highest BCUT2D eigenvalue weighted by Crippen LogP contribution is 2.42. The predicted octanol–water partition coefficient (Wildman–Crippen LogP) is 0.988. The number of amides is 2. The fraction of sp³-hybridized carbons (Fsp3) is 0.211. The molecule has 0 saturated carbocycles. The molecule has 0 aliphatic carbocycles. The maximum absolute atomic E-state index is 12.8. The van der Waals surface area contributed by atoms with Crippen LogP contribution in [0.15, 0.2) is 48.5 Å². The largest absolute Gasteiger partial charge is 0.497 e. The van der Waals surface area contributed by atoms with Gasteiger partial charge in [0.05, 0.1) is 19.2 Å². The highest BCUT2D eigenvalue weighted by Gasteiger charge is 2.51. The Hall–Kier alpha value is -3.19. The molecule has 2 aromatic carbocycles. The van der Waals surface area contributed by atoms with Crippen LogP contribution in [-0.4, -0.2) is 36.4 Å². The Bertz CT molecular complexity index is 878. The maximum Gasteiger partial charge on any atom is 0.264 e. The second-order valence-electron chi connectivity index (χ2n) is 6.06. The normalized spacial score (nSPS) is 18.5. The number of fused-ring (bicyclic) bond motifs is 1. The SMILES string of the molecule is COc1ccc(C(=O)CC2(O)C(=O)N(CC(N)=O)c3ccccc32)cc1. The van der Waals surface area contributed by atoms with Gasteiger partial charge in [-0.2, -0.15) is 0 Å². The lowest BCUT2D eigenvalue weighted by Crippen LogP contribution is -2.44. The number of benzene rings is 2. The van der Waals surface area contributed by atoms with E-state index in [9.17, 15) is 19.5 Å². The van der Waals surface area contributed by atoms with Gasteiger partial charge >= 0.3 is 0 Å². The number of Topliss-reactive ketones (excluding diaryl/α,β-unsaturated/α-hetero) is 1. The lowest BCUT2D eigenvalue weighted by molar-refractivity contribution is -0.136. The molecule has 0 spiro atoms. The quantitative estimate of drug-likeness (QED) is 0.752. The minimum atomic E-state index is -2.04. The first-order valence-corrected chi connectivity index (χ1v) is 7.96. The summed E-state index contributed by atoms with van der Waals surface area (Å²) in [4.78, 5) is 37.8. The number of nitrogens with two attached hydrogens (primary N) is 1. The molecular weight excluding hydrogens is 336 g/mol. The number of methoxy groups -OCH3 is 1. The molecule has 2 amide bonds. The van der Waals surface area contributed by atoms with Crippen molar-refractivity contribution < 1.29 is 24.2 Å². The Morgan fingerprint density at radius 3 is 2.42 bits per heavy atom. The van der Waals surface area contributed by atoms with Gasteiger partial charge in [-0.1, -0.05) is 18.2 Å². The molecule has 2 aromatic rings. The molecule has 0 aromatic heterocycles. The summed E-state index contributed by atoms with van der Waals surface area (Å²) in [5.41, 5.74) is 4.17. The van der Waals surface area contributed by atoms with Crippen LogP contribution < -0.4 is 15.4 Å². The number of carbonyl (C=O) groups is 3. The minimum Gasteiger partial charge on any atom is -0.497 e. The molecular formula is C19H18N2O5. The third kappa shape index (κ3) is 2.93. The number of hydrogen-bond donors (Lipinski definition) is 2. The lowest BCUT2D eigenvalue weighted by Gasteiger charge is -2.22. The van der Waals surface area contributed by atoms with Crippen molar-refractivity contribution in [2.45, 2.75) is 12.0 Å². The fourth-order valence-corrected chi connectivity index (χ4v) is 3.10. The summed E-state index contributed by atoms with van der Waals surface area (Å²) in [6.45, 7) is -0.366. The van der Waals surface area contributed by atoms with Crippen LogP contribution in [0, 0.1) is 0 Å². The lowest BCUT2D eigenvalue weighted by atomic mass is 9.88. The monoisotopic (exact) mass is 354 g/mol. The molecule has 0 radical (unpaired) electrons. The van der Waals surface area contributed by atoms with Crippen LogP contribution in [0.2, 0.25) is 0 Å². The Labute approximate surface area is 150 Å². The van der Waals surface area contributed by atoms with E-state index in [1.807, 2.05) is 0 Å². The number of anilines is 1. The van der Waals surface area contributed by atoms with Gasteiger partial charge < -0.3 is 15.6 Å². The van der Waals surface area contributed by atoms with Crippen LogP contribution in [0.3, 0.4) is 0 Å². The molecule has 1 atom stereocenters. The van der Waals surface area contributed by atoms with Crippen molar-refractivity contribution in [2.75, 3.05) is 18.6 Å². The topological polar surface area (TPSA) is 110 Å². The summed E-state index contributed by atoms with van der Waals surface area (Å²) >= 11 is 0. The molecule has 7 nitrogen and oxygen atoms in total. The first kappa shape index (κ1) is 17.6. The van der Waals surface area contributed by atoms with Gasteiger partial charge in [0.1, 0.15) is 12.3 Å². The molecule has 7 heteroatoms. The molecule has 1 aliphatic heterocycles. The van der Waals surface area contributed by atoms with Crippen molar-refractivity contribution in [3.8, 4) is 5.75 Å². The van der Waals surface area contributed by atoms with Gasteiger partial charge in [-0.15, -0.1) is 0 Å². The number of rotatable bonds is 6. The molecule has 26 heavy (non-hydrogen) atoms. The smallest absolute Gasteiger partial charge is 0.264 e. The highest BCUT2D eigenvalue weighted by atomic mass is 16.5. The molecule has 1 aliphatic rings. The number of ether oxygens (including phenoxy) is 1. The molecule has 0 fully saturated rings. The standard InChI is InChI=1S/C19H18N2O5/c1-26-13-8-6-12(7-9-13)16(22)10-19(25)14-4-2-3-5-15(14)21(18(19)24)11-17(20)23/h2-9,25H,10-11H2,1H3,(H2,20,23). The second-order valence-corrected chi connectivity index (χ2v) is 6.06. The van der Waals surface area contributed by atoms with E-state index >= 15 is 0 Å². The van der Waals surface area contributed by atoms with Gasteiger partial charge in [0.15, 0.2) is 11.4 Å². The molecule has 134 valence electrons. The summed E-state index contributed by atoms with van der Waals surface area (Å²) in [6, 6.07) is 12.9. The van der Waals surface area contributed by atoms with Crippen molar-refractivity contribution in [3.05, 3.63) is 59.7 Å². The summed E-state index contributed by atoms with van der Waals surface area (Å²) in [6.07, 6.45) is -0.440. The van der Waals surface area contributed by atoms with Crippen molar-refractivity contribution in [1.82, 2.24) is 0 Å². The number of aliphatic hydroxyl groups is 1. The van der Waals surface area contributed by atoms with Crippen LogP contribution in [-0.2, 0) is 15.2 Å². The third-order valence-corrected chi connectivity index (χ3v) is 4.38. The van der Waals surface area contributed by atoms with Crippen molar-refractivity contribution in [3.63, 3.8) is 0 Å². The van der Waals surface area contributed by atoms with E-state index in [0.29, 0.717) is 17.0 Å². The van der Waals surface area contributed by atoms with E-state index in [2.05, 4.69) is 0 Å². The number of hydrogen-bond acceptors (Lipinski definition) is 5. The average molecular weight is 354 g/mol. The number of ketones is 1. The zero-order valence-electron chi connectivity index (χ0n) is 14.1. The maximum atomic E-state index is 12.8. The van der Waals surface area contributed by atoms with Crippen LogP contribution in [0.1, 0.15) is 22.3 Å². The number of nitrogens with zero attached hydrogens (tertiary/aromatic N) is 1. The molecule has 1 heterocycles. The van der Waals surface area contributed by atoms with E-state index in [-0.39, 0.29) is 12.1 Å². The van der Waals surface area contributed by atoms with Crippen LogP contribution >= 0.6 is 0 Å². The Morgan fingerprint density at radius 2 is 1.81 bits per heavy atom. The van der Waals surface area contributed by atoms with E-state index in [1.54, 1.807) is 48.5 Å². The third-order valence-electron chi connectivity index (χ3n) is 4.38. The van der Waals surface area contributed by atoms with E-state index in [1.165, 1.54) is 7.11 Å². The number of primary amides is 1. The van der Waals surface area contributed by atoms with Gasteiger partial charge in [-0.3, -0.25) is 19.3 Å². The van der Waals surface area contributed by atoms with Gasteiger partial charge in [-0.05, 0) is 30.3 Å². The average Bonchev–Trinajstić information content (AvgIpc) is 2.84. The molecule has 1 unspecified atom stereocenters. The summed E-state index contributed by atoms with van der Waals surface area (Å²) < 4.78 is 5.05. The van der Waals surface area contributed by atoms with E-state index in [0.717, 1.165) is 4.90 Å². The van der Waals surface area contributed by atoms with Crippen LogP contribution in [0.5, 0.6) is 5.75 Å². The Balaban J connectivity index is 1.93. The van der Waals surface area contributed by atoms with Gasteiger partial charge in [0.25, 0.3) is 5.91 Å². The number of para-hydroxylation sites is 1. The van der Waals surface area contributed by atoms with Crippen molar-refractivity contribution >= 4 is 23.3 Å². The molecule has 3 N–H and O–H groups in total. The van der Waals surface area contributed by atoms with Crippen LogP contribution in [0.4, 0.5) is 5.69 Å². The van der Waals surface area contributed by atoms with Crippen molar-refractivity contribution in [2.24, 2.45) is 5.73 Å². The number of carbonyl (C=O) groups excluding carboxylic acids is 3. The molecule has 3 rings (SSSR count). The van der Waals surface area contributed by atoms with Crippen LogP contribution in [0.25, 0.3) is 0 Å². The predicted molar refractivity (Wildman–Crippen MR) is 93.8 cm³/mol. The summed E-state index contributed by atoms with van der Waals surface area (Å²) in [5, 5.41) is 11.0. The van der Waals surface area contributed by atoms with Crippen molar-refractivity contribution in [1.29, 1.82) is 0 Å². The minimum absolute atomic E-state index is 0.285.